The van der Waals surface area contributed by atoms with Crippen molar-refractivity contribution in [1.29, 1.82) is 0 Å². The Bertz CT molecular complexity index is 547. The topological polar surface area (TPSA) is 78.3 Å². The first kappa shape index (κ1) is 36.9. The lowest BCUT2D eigenvalue weighted by Crippen LogP contribution is -2.35. The lowest BCUT2D eigenvalue weighted by molar-refractivity contribution is -0.151. The van der Waals surface area contributed by atoms with Crippen LogP contribution in [0.15, 0.2) is 24.3 Å². The molecule has 0 saturated carbocycles. The Morgan fingerprint density at radius 1 is 0.605 bits per heavy atom. The van der Waals surface area contributed by atoms with Gasteiger partial charge >= 0.3 is 5.97 Å². The SMILES string of the molecule is CC/C=C\CCC(CCCCCCCCCCC/C=C\CCCCCCCC)OC(=O)C(N)CCCCN. The molecule has 4 N–H and O–H groups in total. The van der Waals surface area contributed by atoms with E-state index in [0.717, 1.165) is 44.9 Å². The van der Waals surface area contributed by atoms with E-state index >= 15 is 0 Å². The minimum Gasteiger partial charge on any atom is -0.461 e. The summed E-state index contributed by atoms with van der Waals surface area (Å²) in [5.41, 5.74) is 11.6. The van der Waals surface area contributed by atoms with Crippen molar-refractivity contribution in [3.05, 3.63) is 24.3 Å². The van der Waals surface area contributed by atoms with Crippen molar-refractivity contribution >= 4 is 5.97 Å². The predicted molar refractivity (Wildman–Crippen MR) is 167 cm³/mol. The molecule has 2 atom stereocenters. The number of esters is 1. The Hall–Kier alpha value is -1.13. The van der Waals surface area contributed by atoms with E-state index in [4.69, 9.17) is 16.2 Å². The van der Waals surface area contributed by atoms with Gasteiger partial charge in [-0.2, -0.15) is 0 Å². The van der Waals surface area contributed by atoms with Gasteiger partial charge in [0.05, 0.1) is 0 Å². The summed E-state index contributed by atoms with van der Waals surface area (Å²) in [4.78, 5) is 12.4. The van der Waals surface area contributed by atoms with E-state index in [9.17, 15) is 4.79 Å². The quantitative estimate of drug-likeness (QED) is 0.0568. The third-order valence-electron chi connectivity index (χ3n) is 7.40. The number of unbranched alkanes of at least 4 members (excludes halogenated alkanes) is 16. The second-order valence-electron chi connectivity index (χ2n) is 11.2. The third-order valence-corrected chi connectivity index (χ3v) is 7.40. The monoisotopic (exact) mass is 535 g/mol. The molecule has 0 fully saturated rings. The van der Waals surface area contributed by atoms with Crippen LogP contribution in [0, 0.1) is 0 Å². The van der Waals surface area contributed by atoms with Crippen LogP contribution in [-0.2, 0) is 9.53 Å². The summed E-state index contributed by atoms with van der Waals surface area (Å²) in [6, 6.07) is -0.517. The molecule has 0 aliphatic rings. The normalized spacial score (nSPS) is 13.5. The highest BCUT2D eigenvalue weighted by molar-refractivity contribution is 5.75. The molecule has 4 nitrogen and oxygen atoms in total. The molecule has 0 aromatic carbocycles. The maximum absolute atomic E-state index is 12.4. The fourth-order valence-corrected chi connectivity index (χ4v) is 4.86. The summed E-state index contributed by atoms with van der Waals surface area (Å²) < 4.78 is 5.83. The summed E-state index contributed by atoms with van der Waals surface area (Å²) in [6.45, 7) is 5.07. The van der Waals surface area contributed by atoms with Crippen LogP contribution in [0.5, 0.6) is 0 Å². The van der Waals surface area contributed by atoms with Crippen LogP contribution in [0.25, 0.3) is 0 Å². The number of carbonyl (C=O) groups excluding carboxylic acids is 1. The zero-order valence-corrected chi connectivity index (χ0v) is 25.6. The van der Waals surface area contributed by atoms with Gasteiger partial charge < -0.3 is 16.2 Å². The van der Waals surface area contributed by atoms with Gasteiger partial charge in [0.1, 0.15) is 12.1 Å². The number of nitrogens with two attached hydrogens (primary N) is 2. The van der Waals surface area contributed by atoms with E-state index in [1.807, 2.05) is 0 Å². The van der Waals surface area contributed by atoms with Crippen LogP contribution in [0.2, 0.25) is 0 Å². The maximum Gasteiger partial charge on any atom is 0.323 e. The maximum atomic E-state index is 12.4. The molecule has 0 aliphatic carbocycles. The summed E-state index contributed by atoms with van der Waals surface area (Å²) >= 11 is 0. The van der Waals surface area contributed by atoms with Crippen molar-refractivity contribution < 1.29 is 9.53 Å². The van der Waals surface area contributed by atoms with E-state index in [2.05, 4.69) is 38.2 Å². The molecule has 0 radical (unpaired) electrons. The zero-order chi connectivity index (χ0) is 27.9. The van der Waals surface area contributed by atoms with Crippen molar-refractivity contribution in [3.63, 3.8) is 0 Å². The molecule has 0 aromatic heterocycles. The highest BCUT2D eigenvalue weighted by Crippen LogP contribution is 2.17. The van der Waals surface area contributed by atoms with Crippen molar-refractivity contribution in [1.82, 2.24) is 0 Å². The number of ether oxygens (including phenoxy) is 1. The number of rotatable bonds is 29. The minimum absolute atomic E-state index is 0.00981. The molecule has 0 rings (SSSR count). The Morgan fingerprint density at radius 2 is 1.11 bits per heavy atom. The lowest BCUT2D eigenvalue weighted by atomic mass is 10.0. The Kier molecular flexibility index (Phi) is 29.5. The highest BCUT2D eigenvalue weighted by Gasteiger charge is 2.19. The van der Waals surface area contributed by atoms with Gasteiger partial charge in [-0.3, -0.25) is 4.79 Å². The van der Waals surface area contributed by atoms with Gasteiger partial charge in [0.2, 0.25) is 0 Å². The van der Waals surface area contributed by atoms with Crippen molar-refractivity contribution in [2.24, 2.45) is 11.5 Å². The van der Waals surface area contributed by atoms with E-state index in [1.54, 1.807) is 0 Å². The fourth-order valence-electron chi connectivity index (χ4n) is 4.86. The molecule has 38 heavy (non-hydrogen) atoms. The molecule has 0 aliphatic heterocycles. The molecule has 2 unspecified atom stereocenters. The number of allylic oxidation sites excluding steroid dienone is 4. The first-order valence-electron chi connectivity index (χ1n) is 16.6. The van der Waals surface area contributed by atoms with Crippen LogP contribution < -0.4 is 11.5 Å². The molecule has 0 saturated heterocycles. The Labute approximate surface area is 237 Å². The largest absolute Gasteiger partial charge is 0.461 e. The average molecular weight is 535 g/mol. The van der Waals surface area contributed by atoms with Gasteiger partial charge in [0, 0.05) is 0 Å². The number of hydrogen-bond donors (Lipinski definition) is 2. The molecular weight excluding hydrogens is 468 g/mol. The summed E-state index contributed by atoms with van der Waals surface area (Å²) in [6.07, 6.45) is 38.2. The van der Waals surface area contributed by atoms with Gasteiger partial charge in [-0.25, -0.2) is 0 Å². The van der Waals surface area contributed by atoms with Crippen LogP contribution in [0.1, 0.15) is 168 Å². The third kappa shape index (κ3) is 26.5. The fraction of sp³-hybridized carbons (Fsp3) is 0.853. The van der Waals surface area contributed by atoms with Crippen LogP contribution in [0.4, 0.5) is 0 Å². The van der Waals surface area contributed by atoms with Crippen molar-refractivity contribution in [2.45, 2.75) is 180 Å². The number of carbonyl (C=O) groups is 1. The highest BCUT2D eigenvalue weighted by atomic mass is 16.5. The van der Waals surface area contributed by atoms with E-state index in [-0.39, 0.29) is 12.1 Å². The summed E-state index contributed by atoms with van der Waals surface area (Å²) in [5, 5.41) is 0. The minimum atomic E-state index is -0.517. The molecule has 224 valence electrons. The average Bonchev–Trinajstić information content (AvgIpc) is 2.92. The Morgan fingerprint density at radius 3 is 1.66 bits per heavy atom. The molecule has 4 heteroatoms. The molecule has 0 spiro atoms. The lowest BCUT2D eigenvalue weighted by Gasteiger charge is -2.20. The van der Waals surface area contributed by atoms with Crippen molar-refractivity contribution in [3.8, 4) is 0 Å². The second kappa shape index (κ2) is 30.4. The van der Waals surface area contributed by atoms with Gasteiger partial charge in [0.25, 0.3) is 0 Å². The van der Waals surface area contributed by atoms with Gasteiger partial charge in [0.15, 0.2) is 0 Å². The van der Waals surface area contributed by atoms with Gasteiger partial charge in [-0.05, 0) is 77.2 Å². The molecule has 0 heterocycles. The van der Waals surface area contributed by atoms with Crippen LogP contribution in [-0.4, -0.2) is 24.7 Å². The van der Waals surface area contributed by atoms with E-state index in [1.165, 1.54) is 103 Å². The van der Waals surface area contributed by atoms with Crippen molar-refractivity contribution in [2.75, 3.05) is 6.54 Å². The molecule has 0 bridgehead atoms. The molecule has 0 aromatic rings. The van der Waals surface area contributed by atoms with E-state index in [0.29, 0.717) is 13.0 Å². The van der Waals surface area contributed by atoms with Crippen LogP contribution in [0.3, 0.4) is 0 Å². The summed E-state index contributed by atoms with van der Waals surface area (Å²) in [7, 11) is 0. The first-order chi connectivity index (χ1) is 18.7. The van der Waals surface area contributed by atoms with Crippen LogP contribution >= 0.6 is 0 Å². The Balaban J connectivity index is 3.79. The standard InChI is InChI=1S/C34H66N2O2/c1-3-5-7-9-10-11-12-13-14-15-16-17-18-19-20-21-22-23-25-29-32(28-24-8-6-4-2)38-34(37)33(36)30-26-27-31-35/h6,8,13-14,32-33H,3-5,7,9-12,15-31,35-36H2,1-2H3/b8-6-,14-13-. The second-order valence-corrected chi connectivity index (χ2v) is 11.2. The molecule has 0 amide bonds. The first-order valence-corrected chi connectivity index (χ1v) is 16.6. The molecular formula is C34H66N2O2. The number of hydrogen-bond acceptors (Lipinski definition) is 4. The van der Waals surface area contributed by atoms with Gasteiger partial charge in [-0.15, -0.1) is 0 Å². The zero-order valence-electron chi connectivity index (χ0n) is 25.6. The van der Waals surface area contributed by atoms with Gasteiger partial charge in [-0.1, -0.05) is 122 Å². The smallest absolute Gasteiger partial charge is 0.323 e. The predicted octanol–water partition coefficient (Wildman–Crippen LogP) is 9.70. The van der Waals surface area contributed by atoms with E-state index < -0.39 is 6.04 Å². The summed E-state index contributed by atoms with van der Waals surface area (Å²) in [5.74, 6) is -0.236.